The number of rotatable bonds is 9. The summed E-state index contributed by atoms with van der Waals surface area (Å²) in [6.45, 7) is 4.60. The van der Waals surface area contributed by atoms with E-state index in [0.717, 1.165) is 25.2 Å². The lowest BCUT2D eigenvalue weighted by molar-refractivity contribution is -0.128. The van der Waals surface area contributed by atoms with Crippen LogP contribution in [0.3, 0.4) is 0 Å². The third-order valence-electron chi connectivity index (χ3n) is 3.44. The quantitative estimate of drug-likeness (QED) is 0.485. The third kappa shape index (κ3) is 6.76. The van der Waals surface area contributed by atoms with Gasteiger partial charge in [-0.3, -0.25) is 20.4 Å². The number of nitrogens with one attached hydrogen (secondary N) is 2. The van der Waals surface area contributed by atoms with Gasteiger partial charge in [-0.1, -0.05) is 30.3 Å². The van der Waals surface area contributed by atoms with E-state index in [0.29, 0.717) is 15.9 Å². The molecule has 0 aliphatic rings. The van der Waals surface area contributed by atoms with Crippen molar-refractivity contribution in [2.45, 2.75) is 38.4 Å². The summed E-state index contributed by atoms with van der Waals surface area (Å²) in [5.41, 5.74) is 4.66. The molecule has 0 aliphatic carbocycles. The minimum absolute atomic E-state index is 0.114. The summed E-state index contributed by atoms with van der Waals surface area (Å²) in [7, 11) is 0. The minimum Gasteiger partial charge on any atom is -0.484 e. The molecule has 0 saturated heterocycles. The number of aromatic nitrogens is 3. The van der Waals surface area contributed by atoms with Gasteiger partial charge in [0.1, 0.15) is 11.6 Å². The second-order valence-electron chi connectivity index (χ2n) is 5.52. The maximum Gasteiger partial charge on any atom is 0.276 e. The highest BCUT2D eigenvalue weighted by molar-refractivity contribution is 7.99. The van der Waals surface area contributed by atoms with E-state index >= 15 is 0 Å². The summed E-state index contributed by atoms with van der Waals surface area (Å²) in [6.07, 6.45) is 1.82. The SMILES string of the molecule is CCCc1nnc(SCC(=O)NNC(=O)COc2ccc(Cl)cc2)n1CC. The predicted octanol–water partition coefficient (Wildman–Crippen LogP) is 2.22. The number of hydrogen-bond donors (Lipinski definition) is 2. The number of aryl methyl sites for hydroxylation is 1. The molecule has 8 nitrogen and oxygen atoms in total. The molecule has 1 aromatic carbocycles. The van der Waals surface area contributed by atoms with Gasteiger partial charge in [0.2, 0.25) is 5.91 Å². The van der Waals surface area contributed by atoms with E-state index in [2.05, 4.69) is 28.0 Å². The Balaban J connectivity index is 1.71. The fraction of sp³-hybridized carbons (Fsp3) is 0.412. The molecule has 146 valence electrons. The maximum absolute atomic E-state index is 11.9. The van der Waals surface area contributed by atoms with Gasteiger partial charge in [0.15, 0.2) is 11.8 Å². The number of ether oxygens (including phenoxy) is 1. The zero-order chi connectivity index (χ0) is 19.6. The van der Waals surface area contributed by atoms with Crippen LogP contribution in [0.4, 0.5) is 0 Å². The van der Waals surface area contributed by atoms with Gasteiger partial charge in [-0.15, -0.1) is 10.2 Å². The molecule has 10 heteroatoms. The predicted molar refractivity (Wildman–Crippen MR) is 104 cm³/mol. The highest BCUT2D eigenvalue weighted by Crippen LogP contribution is 2.17. The van der Waals surface area contributed by atoms with Gasteiger partial charge in [-0.05, 0) is 37.6 Å². The number of amides is 2. The normalized spacial score (nSPS) is 10.5. The average molecular weight is 412 g/mol. The number of halogens is 1. The molecule has 1 aromatic heterocycles. The standard InChI is InChI=1S/C17H22ClN5O3S/c1-3-5-14-19-22-17(23(14)4-2)27-11-16(25)21-20-15(24)10-26-13-8-6-12(18)7-9-13/h6-9H,3-5,10-11H2,1-2H3,(H,20,24)(H,21,25). The molecular formula is C17H22ClN5O3S. The molecule has 0 spiro atoms. The second-order valence-corrected chi connectivity index (χ2v) is 6.90. The van der Waals surface area contributed by atoms with Crippen LogP contribution < -0.4 is 15.6 Å². The lowest BCUT2D eigenvalue weighted by atomic mass is 10.3. The number of benzene rings is 1. The van der Waals surface area contributed by atoms with Gasteiger partial charge in [-0.25, -0.2) is 0 Å². The third-order valence-corrected chi connectivity index (χ3v) is 4.66. The Labute approximate surface area is 167 Å². The number of carbonyl (C=O) groups excluding carboxylic acids is 2. The molecule has 0 fully saturated rings. The van der Waals surface area contributed by atoms with E-state index in [9.17, 15) is 9.59 Å². The van der Waals surface area contributed by atoms with E-state index in [1.54, 1.807) is 24.3 Å². The van der Waals surface area contributed by atoms with E-state index in [1.807, 2.05) is 11.5 Å². The number of thioether (sulfide) groups is 1. The summed E-state index contributed by atoms with van der Waals surface area (Å²) in [5, 5.41) is 9.54. The lowest BCUT2D eigenvalue weighted by Crippen LogP contribution is -2.44. The summed E-state index contributed by atoms with van der Waals surface area (Å²) in [6, 6.07) is 6.63. The van der Waals surface area contributed by atoms with Crippen molar-refractivity contribution in [3.05, 3.63) is 35.1 Å². The van der Waals surface area contributed by atoms with E-state index in [-0.39, 0.29) is 18.3 Å². The van der Waals surface area contributed by atoms with E-state index in [1.165, 1.54) is 11.8 Å². The Kier molecular flexibility index (Phi) is 8.41. The Bertz CT molecular complexity index is 766. The highest BCUT2D eigenvalue weighted by atomic mass is 35.5. The van der Waals surface area contributed by atoms with Crippen molar-refractivity contribution in [3.8, 4) is 5.75 Å². The molecule has 0 aliphatic heterocycles. The van der Waals surface area contributed by atoms with Crippen molar-refractivity contribution in [1.82, 2.24) is 25.6 Å². The number of hydrogen-bond acceptors (Lipinski definition) is 6. The zero-order valence-corrected chi connectivity index (χ0v) is 16.8. The summed E-state index contributed by atoms with van der Waals surface area (Å²) >= 11 is 7.05. The smallest absolute Gasteiger partial charge is 0.276 e. The zero-order valence-electron chi connectivity index (χ0n) is 15.2. The van der Waals surface area contributed by atoms with Gasteiger partial charge < -0.3 is 9.30 Å². The summed E-state index contributed by atoms with van der Waals surface area (Å²) < 4.78 is 7.28. The monoisotopic (exact) mass is 411 g/mol. The topological polar surface area (TPSA) is 98.1 Å². The van der Waals surface area contributed by atoms with Crippen LogP contribution in [0, 0.1) is 0 Å². The van der Waals surface area contributed by atoms with Crippen LogP contribution in [0.2, 0.25) is 5.02 Å². The molecular weight excluding hydrogens is 390 g/mol. The molecule has 0 unspecified atom stereocenters. The van der Waals surface area contributed by atoms with Crippen LogP contribution in [0.15, 0.2) is 29.4 Å². The van der Waals surface area contributed by atoms with Crippen molar-refractivity contribution in [2.24, 2.45) is 0 Å². The van der Waals surface area contributed by atoms with Gasteiger partial charge in [0.05, 0.1) is 5.75 Å². The van der Waals surface area contributed by atoms with Crippen LogP contribution in [0.1, 0.15) is 26.1 Å². The second kappa shape index (κ2) is 10.8. The highest BCUT2D eigenvalue weighted by Gasteiger charge is 2.13. The van der Waals surface area contributed by atoms with Crippen LogP contribution >= 0.6 is 23.4 Å². The lowest BCUT2D eigenvalue weighted by Gasteiger charge is -2.09. The van der Waals surface area contributed by atoms with Crippen LogP contribution in [-0.2, 0) is 22.6 Å². The summed E-state index contributed by atoms with van der Waals surface area (Å²) in [4.78, 5) is 23.6. The van der Waals surface area contributed by atoms with Crippen LogP contribution in [0.25, 0.3) is 0 Å². The average Bonchev–Trinajstić information content (AvgIpc) is 3.06. The Morgan fingerprint density at radius 1 is 1.15 bits per heavy atom. The van der Waals surface area contributed by atoms with Gasteiger partial charge in [-0.2, -0.15) is 0 Å². The maximum atomic E-state index is 11.9. The first-order valence-corrected chi connectivity index (χ1v) is 9.90. The molecule has 2 amide bonds. The van der Waals surface area contributed by atoms with Crippen molar-refractivity contribution < 1.29 is 14.3 Å². The molecule has 1 heterocycles. The van der Waals surface area contributed by atoms with Gasteiger partial charge in [0.25, 0.3) is 5.91 Å². The Morgan fingerprint density at radius 2 is 1.85 bits per heavy atom. The molecule has 2 aromatic rings. The van der Waals surface area contributed by atoms with Gasteiger partial charge in [0, 0.05) is 18.0 Å². The molecule has 27 heavy (non-hydrogen) atoms. The van der Waals surface area contributed by atoms with Crippen molar-refractivity contribution >= 4 is 35.2 Å². The van der Waals surface area contributed by atoms with Gasteiger partial charge >= 0.3 is 0 Å². The Hall–Kier alpha value is -2.26. The minimum atomic E-state index is -0.467. The molecule has 0 radical (unpaired) electrons. The fourth-order valence-electron chi connectivity index (χ4n) is 2.17. The first-order chi connectivity index (χ1) is 13.0. The van der Waals surface area contributed by atoms with E-state index < -0.39 is 5.91 Å². The van der Waals surface area contributed by atoms with E-state index in [4.69, 9.17) is 16.3 Å². The molecule has 0 saturated carbocycles. The first-order valence-electron chi connectivity index (χ1n) is 8.54. The number of hydrazine groups is 1. The number of nitrogens with zero attached hydrogens (tertiary/aromatic N) is 3. The fourth-order valence-corrected chi connectivity index (χ4v) is 3.12. The van der Waals surface area contributed by atoms with Crippen molar-refractivity contribution in [2.75, 3.05) is 12.4 Å². The van der Waals surface area contributed by atoms with Crippen LogP contribution in [0.5, 0.6) is 5.75 Å². The largest absolute Gasteiger partial charge is 0.484 e. The molecule has 2 N–H and O–H groups in total. The number of carbonyl (C=O) groups is 2. The summed E-state index contributed by atoms with van der Waals surface area (Å²) in [5.74, 6) is 0.726. The first kappa shape index (κ1) is 21.0. The Morgan fingerprint density at radius 3 is 2.52 bits per heavy atom. The van der Waals surface area contributed by atoms with Crippen molar-refractivity contribution in [1.29, 1.82) is 0 Å². The molecule has 0 atom stereocenters. The molecule has 2 rings (SSSR count). The molecule has 0 bridgehead atoms. The van der Waals surface area contributed by atoms with Crippen molar-refractivity contribution in [3.63, 3.8) is 0 Å². The van der Waals surface area contributed by atoms with Crippen LogP contribution in [-0.4, -0.2) is 38.9 Å².